The van der Waals surface area contributed by atoms with Gasteiger partial charge in [0.1, 0.15) is 17.5 Å². The second-order valence-corrected chi connectivity index (χ2v) is 13.0. The maximum absolute atomic E-state index is 14.0. The quantitative estimate of drug-likeness (QED) is 0.198. The number of nitrogen functional groups attached to an aromatic ring is 1. The molecule has 1 aromatic heterocycles. The van der Waals surface area contributed by atoms with Gasteiger partial charge in [-0.15, -0.1) is 12.4 Å². The summed E-state index contributed by atoms with van der Waals surface area (Å²) in [6.07, 6.45) is 2.31. The summed E-state index contributed by atoms with van der Waals surface area (Å²) in [6.45, 7) is 2.92. The average Bonchev–Trinajstić information content (AvgIpc) is 3.25. The lowest BCUT2D eigenvalue weighted by Gasteiger charge is -2.39. The molecule has 228 valence electrons. The number of benzene rings is 2. The fourth-order valence-electron chi connectivity index (χ4n) is 5.26. The van der Waals surface area contributed by atoms with Crippen molar-refractivity contribution in [3.05, 3.63) is 59.4 Å². The molecule has 0 bridgehead atoms. The number of nitrogens with zero attached hydrogens (tertiary/aromatic N) is 4. The highest BCUT2D eigenvalue weighted by atomic mass is 35.5. The van der Waals surface area contributed by atoms with Gasteiger partial charge in [-0.3, -0.25) is 15.1 Å². The summed E-state index contributed by atoms with van der Waals surface area (Å²) >= 11 is 0. The summed E-state index contributed by atoms with van der Waals surface area (Å²) in [7, 11) is -1.78. The van der Waals surface area contributed by atoms with E-state index < -0.39 is 27.2 Å². The molecule has 1 unspecified atom stereocenters. The second kappa shape index (κ2) is 13.0. The van der Waals surface area contributed by atoms with Gasteiger partial charge in [-0.1, -0.05) is 6.07 Å². The van der Waals surface area contributed by atoms with E-state index in [1.54, 1.807) is 36.1 Å². The van der Waals surface area contributed by atoms with Crippen molar-refractivity contribution in [3.8, 4) is 0 Å². The van der Waals surface area contributed by atoms with Crippen molar-refractivity contribution < 1.29 is 23.1 Å². The van der Waals surface area contributed by atoms with Gasteiger partial charge in [0.2, 0.25) is 5.91 Å². The monoisotopic (exact) mass is 619 g/mol. The molecule has 1 aliphatic heterocycles. The highest BCUT2D eigenvalue weighted by Gasteiger charge is 2.42. The van der Waals surface area contributed by atoms with Crippen molar-refractivity contribution in [2.75, 3.05) is 37.1 Å². The van der Waals surface area contributed by atoms with Crippen LogP contribution in [0.2, 0.25) is 0 Å². The average molecular weight is 620 g/mol. The van der Waals surface area contributed by atoms with Gasteiger partial charge in [-0.2, -0.15) is 0 Å². The van der Waals surface area contributed by atoms with Crippen molar-refractivity contribution in [1.82, 2.24) is 19.4 Å². The molecule has 1 aliphatic rings. The number of nitrogens with two attached hydrogens (primary N) is 1. The van der Waals surface area contributed by atoms with Gasteiger partial charge < -0.3 is 25.6 Å². The number of carbonyl (C=O) groups excluding carboxylic acids is 1. The summed E-state index contributed by atoms with van der Waals surface area (Å²) < 4.78 is 26.0. The van der Waals surface area contributed by atoms with Crippen LogP contribution in [0.1, 0.15) is 43.1 Å². The largest absolute Gasteiger partial charge is 0.465 e. The number of amides is 2. The lowest BCUT2D eigenvalue weighted by atomic mass is 9.79. The van der Waals surface area contributed by atoms with Crippen LogP contribution in [0.4, 0.5) is 10.5 Å². The second-order valence-electron chi connectivity index (χ2n) is 10.9. The van der Waals surface area contributed by atoms with Gasteiger partial charge in [0.05, 0.1) is 23.0 Å². The van der Waals surface area contributed by atoms with Crippen LogP contribution in [0.25, 0.3) is 11.0 Å². The molecular formula is C28H38ClN7O5S. The van der Waals surface area contributed by atoms with E-state index in [-0.39, 0.29) is 30.7 Å². The third kappa shape index (κ3) is 7.32. The number of sulfone groups is 1. The number of fused-ring (bicyclic) bond motifs is 1. The number of carboxylic acid groups (broad SMARTS) is 1. The molecule has 2 aromatic carbocycles. The van der Waals surface area contributed by atoms with Crippen LogP contribution in [-0.4, -0.2) is 82.5 Å². The fraction of sp³-hybridized carbons (Fsp3) is 0.429. The molecule has 14 heteroatoms. The zero-order valence-electron chi connectivity index (χ0n) is 24.0. The van der Waals surface area contributed by atoms with Crippen molar-refractivity contribution >= 4 is 56.8 Å². The molecule has 3 aromatic rings. The first-order valence-electron chi connectivity index (χ1n) is 13.4. The number of piperidine rings is 1. The predicted molar refractivity (Wildman–Crippen MR) is 165 cm³/mol. The van der Waals surface area contributed by atoms with E-state index in [1.807, 2.05) is 29.8 Å². The molecule has 1 saturated heterocycles. The minimum atomic E-state index is -3.67. The number of rotatable bonds is 10. The molecule has 0 spiro atoms. The van der Waals surface area contributed by atoms with Crippen molar-refractivity contribution in [2.24, 2.45) is 12.8 Å². The van der Waals surface area contributed by atoms with E-state index in [2.05, 4.69) is 5.32 Å². The number of amidine groups is 1. The zero-order chi connectivity index (χ0) is 29.9. The summed E-state index contributed by atoms with van der Waals surface area (Å²) in [5, 5.41) is 20.7. The van der Waals surface area contributed by atoms with Gasteiger partial charge >= 0.3 is 6.09 Å². The summed E-state index contributed by atoms with van der Waals surface area (Å²) in [6, 6.07) is 12.6. The van der Waals surface area contributed by atoms with E-state index in [1.165, 1.54) is 0 Å². The first kappa shape index (κ1) is 32.7. The van der Waals surface area contributed by atoms with Crippen LogP contribution in [0.3, 0.4) is 0 Å². The maximum Gasteiger partial charge on any atom is 0.408 e. The van der Waals surface area contributed by atoms with E-state index >= 15 is 0 Å². The molecule has 4 rings (SSSR count). The number of carbonyl (C=O) groups is 2. The Morgan fingerprint density at radius 1 is 1.14 bits per heavy atom. The van der Waals surface area contributed by atoms with Crippen LogP contribution < -0.4 is 11.1 Å². The third-order valence-electron chi connectivity index (χ3n) is 7.54. The number of likely N-dealkylation sites (tertiary alicyclic amines) is 1. The number of halogens is 1. The van der Waals surface area contributed by atoms with E-state index in [0.29, 0.717) is 36.3 Å². The Labute approximate surface area is 251 Å². The van der Waals surface area contributed by atoms with Gasteiger partial charge in [-0.05, 0) is 68.1 Å². The molecule has 2 amide bonds. The molecule has 0 aliphatic carbocycles. The minimum Gasteiger partial charge on any atom is -0.465 e. The SMILES string of the molecule is Cl.Cn1c(CNc2ccc(C(=N)N)cc2)nc2cc(C(C)(CN(CS(C)(=O)=O)C(=O)O)C(=O)N3CCCCC3)ccc21. The predicted octanol–water partition coefficient (Wildman–Crippen LogP) is 3.14. The number of hydrogen-bond acceptors (Lipinski definition) is 7. The van der Waals surface area contributed by atoms with E-state index in [4.69, 9.17) is 16.1 Å². The van der Waals surface area contributed by atoms with Gasteiger partial charge in [-0.25, -0.2) is 18.2 Å². The summed E-state index contributed by atoms with van der Waals surface area (Å²) in [5.74, 6) is -0.208. The minimum absolute atomic E-state index is 0. The Balaban J connectivity index is 0.00000484. The highest BCUT2D eigenvalue weighted by molar-refractivity contribution is 7.90. The number of aromatic nitrogens is 2. The van der Waals surface area contributed by atoms with Crippen LogP contribution in [0.5, 0.6) is 0 Å². The van der Waals surface area contributed by atoms with Crippen molar-refractivity contribution in [2.45, 2.75) is 38.1 Å². The summed E-state index contributed by atoms with van der Waals surface area (Å²) in [4.78, 5) is 33.4. The Kier molecular flexibility index (Phi) is 10.1. The Bertz CT molecular complexity index is 1570. The molecule has 1 fully saturated rings. The Hall–Kier alpha value is -3.84. The maximum atomic E-state index is 14.0. The van der Waals surface area contributed by atoms with Crippen LogP contribution in [-0.2, 0) is 33.6 Å². The van der Waals surface area contributed by atoms with Crippen molar-refractivity contribution in [3.63, 3.8) is 0 Å². The lowest BCUT2D eigenvalue weighted by molar-refractivity contribution is -0.138. The van der Waals surface area contributed by atoms with E-state index in [9.17, 15) is 23.1 Å². The van der Waals surface area contributed by atoms with Crippen LogP contribution in [0, 0.1) is 5.41 Å². The fourth-order valence-corrected chi connectivity index (χ4v) is 6.03. The Morgan fingerprint density at radius 2 is 1.79 bits per heavy atom. The smallest absolute Gasteiger partial charge is 0.408 e. The van der Waals surface area contributed by atoms with Crippen LogP contribution >= 0.6 is 12.4 Å². The van der Waals surface area contributed by atoms with Gasteiger partial charge in [0.15, 0.2) is 9.84 Å². The number of nitrogens with one attached hydrogen (secondary N) is 2. The summed E-state index contributed by atoms with van der Waals surface area (Å²) in [5.41, 5.74) is 7.70. The number of hydrogen-bond donors (Lipinski definition) is 4. The standard InChI is InChI=1S/C28H37N7O5S.ClH/c1-28(26(36)34-13-5-4-6-14-34,17-35(27(37)38)18-41(3,39)40)20-9-12-23-22(15-20)32-24(33(23)2)16-31-21-10-7-19(8-11-21)25(29)30;/h7-12,15,31H,4-6,13-14,16-18H2,1-3H3,(H3,29,30)(H,37,38);1H. The van der Waals surface area contributed by atoms with Gasteiger partial charge in [0, 0.05) is 44.2 Å². The molecule has 5 N–H and O–H groups in total. The molecule has 42 heavy (non-hydrogen) atoms. The third-order valence-corrected chi connectivity index (χ3v) is 8.32. The number of anilines is 1. The van der Waals surface area contributed by atoms with E-state index in [0.717, 1.165) is 47.4 Å². The molecular weight excluding hydrogens is 582 g/mol. The molecule has 0 saturated carbocycles. The van der Waals surface area contributed by atoms with Gasteiger partial charge in [0.25, 0.3) is 0 Å². The molecule has 1 atom stereocenters. The number of aryl methyl sites for hydroxylation is 1. The molecule has 12 nitrogen and oxygen atoms in total. The molecule has 0 radical (unpaired) electrons. The van der Waals surface area contributed by atoms with Crippen molar-refractivity contribution in [1.29, 1.82) is 5.41 Å². The lowest BCUT2D eigenvalue weighted by Crippen LogP contribution is -2.54. The zero-order valence-corrected chi connectivity index (χ0v) is 25.6. The number of imidazole rings is 1. The molecule has 2 heterocycles. The Morgan fingerprint density at radius 3 is 2.36 bits per heavy atom. The topological polar surface area (TPSA) is 175 Å². The van der Waals surface area contributed by atoms with Crippen LogP contribution in [0.15, 0.2) is 42.5 Å². The first-order valence-corrected chi connectivity index (χ1v) is 15.4. The normalized spacial score (nSPS) is 15.0. The first-order chi connectivity index (χ1) is 19.3. The highest BCUT2D eigenvalue weighted by Crippen LogP contribution is 2.32.